The molecule has 2 aliphatic rings. The third-order valence-corrected chi connectivity index (χ3v) is 8.37. The van der Waals surface area contributed by atoms with Crippen LogP contribution < -0.4 is 11.1 Å². The van der Waals surface area contributed by atoms with Gasteiger partial charge in [0.25, 0.3) is 0 Å². The number of aromatic nitrogens is 1. The topological polar surface area (TPSA) is 43.0 Å². The smallest absolute Gasteiger partial charge is 0.0715 e. The van der Waals surface area contributed by atoms with Crippen molar-refractivity contribution in [3.63, 3.8) is 0 Å². The van der Waals surface area contributed by atoms with Crippen molar-refractivity contribution in [2.45, 2.75) is 25.8 Å². The van der Waals surface area contributed by atoms with Crippen LogP contribution in [-0.4, -0.2) is 10.6 Å². The Labute approximate surface area is 248 Å². The molecule has 3 nitrogen and oxygen atoms in total. The van der Waals surface area contributed by atoms with Gasteiger partial charge in [0.15, 0.2) is 0 Å². The maximum Gasteiger partial charge on any atom is 0.0715 e. The molecule has 0 bridgehead atoms. The fraction of sp³-hybridized carbons (Fsp3) is 0.128. The number of benzene rings is 3. The number of para-hydroxylation sites is 1. The summed E-state index contributed by atoms with van der Waals surface area (Å²) < 4.78 is 2.29. The maximum absolute atomic E-state index is 6.69. The second-order valence-electron chi connectivity index (χ2n) is 10.9. The van der Waals surface area contributed by atoms with Crippen LogP contribution in [0.5, 0.6) is 0 Å². The molecule has 1 atom stereocenters. The van der Waals surface area contributed by atoms with E-state index in [1.54, 1.807) is 0 Å². The molecule has 6 rings (SSSR count). The van der Waals surface area contributed by atoms with Crippen LogP contribution in [0, 0.1) is 6.92 Å². The van der Waals surface area contributed by atoms with Crippen molar-refractivity contribution in [3.8, 4) is 0 Å². The molecule has 1 aromatic heterocycles. The van der Waals surface area contributed by atoms with Gasteiger partial charge in [-0.3, -0.25) is 0 Å². The summed E-state index contributed by atoms with van der Waals surface area (Å²) in [5, 5.41) is 6.06. The molecule has 0 aliphatic heterocycles. The van der Waals surface area contributed by atoms with Crippen LogP contribution in [0.1, 0.15) is 35.1 Å². The van der Waals surface area contributed by atoms with Crippen molar-refractivity contribution in [2.75, 3.05) is 0 Å². The van der Waals surface area contributed by atoms with Crippen LogP contribution in [-0.2, 0) is 7.05 Å². The number of nitrogens with one attached hydrogen (secondary N) is 1. The first-order chi connectivity index (χ1) is 20.5. The van der Waals surface area contributed by atoms with Crippen LogP contribution in [0.4, 0.5) is 0 Å². The molecule has 208 valence electrons. The zero-order chi connectivity index (χ0) is 29.1. The molecule has 3 aromatic carbocycles. The van der Waals surface area contributed by atoms with Crippen LogP contribution in [0.2, 0.25) is 0 Å². The van der Waals surface area contributed by atoms with Crippen LogP contribution >= 0.6 is 0 Å². The van der Waals surface area contributed by atoms with Crippen LogP contribution in [0.3, 0.4) is 0 Å². The van der Waals surface area contributed by atoms with Gasteiger partial charge in [0, 0.05) is 34.6 Å². The monoisotopic (exact) mass is 547 g/mol. The van der Waals surface area contributed by atoms with E-state index in [1.165, 1.54) is 38.5 Å². The van der Waals surface area contributed by atoms with Gasteiger partial charge in [0.05, 0.1) is 11.6 Å². The quantitative estimate of drug-likeness (QED) is 0.227. The highest BCUT2D eigenvalue weighted by atomic mass is 14.9. The minimum absolute atomic E-state index is 0.00940. The molecule has 0 saturated carbocycles. The minimum atomic E-state index is -0.00940. The summed E-state index contributed by atoms with van der Waals surface area (Å²) >= 11 is 0. The second-order valence-corrected chi connectivity index (χ2v) is 10.9. The molecule has 0 saturated heterocycles. The molecule has 0 amide bonds. The summed E-state index contributed by atoms with van der Waals surface area (Å²) in [5.41, 5.74) is 18.1. The van der Waals surface area contributed by atoms with Gasteiger partial charge in [-0.1, -0.05) is 116 Å². The first-order valence-corrected chi connectivity index (χ1v) is 14.6. The average molecular weight is 548 g/mol. The zero-order valence-electron chi connectivity index (χ0n) is 24.3. The van der Waals surface area contributed by atoms with Crippen LogP contribution in [0.25, 0.3) is 38.6 Å². The molecular formula is C39H37N3. The number of hydrogen-bond acceptors (Lipinski definition) is 2. The summed E-state index contributed by atoms with van der Waals surface area (Å²) in [6.45, 7) is 6.55. The molecule has 0 radical (unpaired) electrons. The van der Waals surface area contributed by atoms with Crippen molar-refractivity contribution < 1.29 is 0 Å². The molecule has 42 heavy (non-hydrogen) atoms. The van der Waals surface area contributed by atoms with Crippen molar-refractivity contribution in [2.24, 2.45) is 12.8 Å². The number of allylic oxidation sites excluding steroid dienone is 10. The van der Waals surface area contributed by atoms with E-state index in [0.29, 0.717) is 0 Å². The average Bonchev–Trinajstić information content (AvgIpc) is 3.33. The standard InChI is InChI=1S/C39H37N3/c1-27(32-24-25-34-33-16-8-10-19-37(33)42(3)39(34)28(32)2)13-11-12-26-41-36-18-9-7-17-35(36)38(40)31-22-20-30(21-23-31)29-14-5-4-6-15-29/h4-5,7-14,16-26,36,41H,1,6,15,40H2,2-3H3/b13-11-,26-12-,38-35-. The van der Waals surface area contributed by atoms with Crippen molar-refractivity contribution in [3.05, 3.63) is 162 Å². The Morgan fingerprint density at radius 2 is 1.81 bits per heavy atom. The lowest BCUT2D eigenvalue weighted by atomic mass is 9.93. The van der Waals surface area contributed by atoms with E-state index in [-0.39, 0.29) is 6.04 Å². The molecular weight excluding hydrogens is 510 g/mol. The zero-order valence-corrected chi connectivity index (χ0v) is 24.3. The van der Waals surface area contributed by atoms with Gasteiger partial charge in [-0.05, 0) is 71.5 Å². The molecule has 1 heterocycles. The number of rotatable bonds is 7. The highest BCUT2D eigenvalue weighted by molar-refractivity contribution is 6.10. The summed E-state index contributed by atoms with van der Waals surface area (Å²) in [6.07, 6.45) is 25.1. The van der Waals surface area contributed by atoms with E-state index < -0.39 is 0 Å². The van der Waals surface area contributed by atoms with Gasteiger partial charge >= 0.3 is 0 Å². The number of nitrogens with two attached hydrogens (primary N) is 1. The molecule has 4 aromatic rings. The van der Waals surface area contributed by atoms with Crippen molar-refractivity contribution in [1.29, 1.82) is 0 Å². The minimum Gasteiger partial charge on any atom is -0.398 e. The Morgan fingerprint density at radius 1 is 0.976 bits per heavy atom. The SMILES string of the molecule is C=C(/C=C\C=C/NC1C=CC=C/C1=C(/N)c1ccc(C2=CC=CCC2)cc1)c1ccc2c3ccccc3n(C)c2c1C. The lowest BCUT2D eigenvalue weighted by Gasteiger charge is -2.20. The van der Waals surface area contributed by atoms with Gasteiger partial charge in [0.1, 0.15) is 0 Å². The van der Waals surface area contributed by atoms with Gasteiger partial charge in [0.2, 0.25) is 0 Å². The molecule has 3 heteroatoms. The Hall–Kier alpha value is -5.02. The van der Waals surface area contributed by atoms with Gasteiger partial charge < -0.3 is 15.6 Å². The van der Waals surface area contributed by atoms with E-state index in [4.69, 9.17) is 5.73 Å². The Kier molecular flexibility index (Phi) is 7.66. The van der Waals surface area contributed by atoms with E-state index in [2.05, 4.69) is 134 Å². The van der Waals surface area contributed by atoms with Gasteiger partial charge in [-0.15, -0.1) is 0 Å². The van der Waals surface area contributed by atoms with E-state index in [9.17, 15) is 0 Å². The maximum atomic E-state index is 6.69. The number of hydrogen-bond donors (Lipinski definition) is 2. The summed E-state index contributed by atoms with van der Waals surface area (Å²) in [6, 6.07) is 21.6. The van der Waals surface area contributed by atoms with Gasteiger partial charge in [-0.2, -0.15) is 0 Å². The van der Waals surface area contributed by atoms with Gasteiger partial charge in [-0.25, -0.2) is 0 Å². The van der Waals surface area contributed by atoms with E-state index in [0.717, 1.165) is 40.8 Å². The van der Waals surface area contributed by atoms with E-state index in [1.807, 2.05) is 24.4 Å². The number of nitrogens with zero attached hydrogens (tertiary/aromatic N) is 1. The molecule has 0 fully saturated rings. The fourth-order valence-corrected chi connectivity index (χ4v) is 6.11. The fourth-order valence-electron chi connectivity index (χ4n) is 6.11. The third kappa shape index (κ3) is 5.22. The van der Waals surface area contributed by atoms with Crippen molar-refractivity contribution in [1.82, 2.24) is 9.88 Å². The summed E-state index contributed by atoms with van der Waals surface area (Å²) in [7, 11) is 2.14. The molecule has 2 aliphatic carbocycles. The number of aryl methyl sites for hydroxylation is 2. The normalized spacial score (nSPS) is 18.0. The Bertz CT molecular complexity index is 1880. The highest BCUT2D eigenvalue weighted by Crippen LogP contribution is 2.33. The molecule has 1 unspecified atom stereocenters. The molecule has 3 N–H and O–H groups in total. The summed E-state index contributed by atoms with van der Waals surface area (Å²) in [4.78, 5) is 0. The van der Waals surface area contributed by atoms with Crippen molar-refractivity contribution >= 4 is 38.6 Å². The lowest BCUT2D eigenvalue weighted by Crippen LogP contribution is -2.26. The Balaban J connectivity index is 1.15. The second kappa shape index (κ2) is 11.8. The predicted octanol–water partition coefficient (Wildman–Crippen LogP) is 8.91. The first kappa shape index (κ1) is 27.2. The number of fused-ring (bicyclic) bond motifs is 3. The van der Waals surface area contributed by atoms with E-state index >= 15 is 0 Å². The summed E-state index contributed by atoms with van der Waals surface area (Å²) in [5.74, 6) is 0. The largest absolute Gasteiger partial charge is 0.398 e. The lowest BCUT2D eigenvalue weighted by molar-refractivity contribution is 0.806. The first-order valence-electron chi connectivity index (χ1n) is 14.6. The molecule has 0 spiro atoms. The third-order valence-electron chi connectivity index (χ3n) is 8.37. The highest BCUT2D eigenvalue weighted by Gasteiger charge is 2.15. The van der Waals surface area contributed by atoms with Crippen LogP contribution in [0.15, 0.2) is 140 Å². The predicted molar refractivity (Wildman–Crippen MR) is 182 cm³/mol. The Morgan fingerprint density at radius 3 is 2.62 bits per heavy atom.